The molecule has 0 spiro atoms. The number of carboxylic acids is 1. The fourth-order valence-corrected chi connectivity index (χ4v) is 2.44. The van der Waals surface area contributed by atoms with Crippen LogP contribution < -0.4 is 0 Å². The van der Waals surface area contributed by atoms with Crippen molar-refractivity contribution in [3.8, 4) is 6.07 Å². The van der Waals surface area contributed by atoms with Crippen molar-refractivity contribution in [2.24, 2.45) is 5.92 Å². The molecule has 1 aromatic rings. The Morgan fingerprint density at radius 2 is 1.95 bits per heavy atom. The molecule has 2 rings (SSSR count). The fourth-order valence-electron chi connectivity index (χ4n) is 2.44. The van der Waals surface area contributed by atoms with Gasteiger partial charge in [0.15, 0.2) is 0 Å². The molecule has 1 aromatic carbocycles. The predicted octanol–water partition coefficient (Wildman–Crippen LogP) is 1.88. The molecule has 0 radical (unpaired) electrons. The van der Waals surface area contributed by atoms with Crippen molar-refractivity contribution in [1.29, 1.82) is 5.26 Å². The van der Waals surface area contributed by atoms with Crippen LogP contribution in [0.1, 0.15) is 35.7 Å². The summed E-state index contributed by atoms with van der Waals surface area (Å²) in [5, 5.41) is 17.8. The molecule has 0 aromatic heterocycles. The second kappa shape index (κ2) is 5.74. The van der Waals surface area contributed by atoms with Gasteiger partial charge in [0.2, 0.25) is 0 Å². The third-order valence-electron chi connectivity index (χ3n) is 3.75. The van der Waals surface area contributed by atoms with Gasteiger partial charge in [-0.25, -0.2) is 0 Å². The number of carbonyl (C=O) groups excluding carboxylic acids is 1. The van der Waals surface area contributed by atoms with E-state index in [0.29, 0.717) is 24.0 Å². The zero-order valence-corrected chi connectivity index (χ0v) is 11.2. The minimum atomic E-state index is -0.852. The number of hydrogen-bond donors (Lipinski definition) is 1. The zero-order chi connectivity index (χ0) is 14.7. The predicted molar refractivity (Wildman–Crippen MR) is 72.0 cm³/mol. The number of carboxylic acid groups (broad SMARTS) is 1. The largest absolute Gasteiger partial charge is 0.481 e. The summed E-state index contributed by atoms with van der Waals surface area (Å²) in [6.45, 7) is 2.18. The van der Waals surface area contributed by atoms with Crippen LogP contribution in [-0.4, -0.2) is 34.5 Å². The Kier molecular flexibility index (Phi) is 4.04. The fraction of sp³-hybridized carbons (Fsp3) is 0.400. The number of nitrogens with zero attached hydrogens (tertiary/aromatic N) is 2. The lowest BCUT2D eigenvalue weighted by Gasteiger charge is -2.36. The van der Waals surface area contributed by atoms with Crippen LogP contribution in [0.5, 0.6) is 0 Å². The van der Waals surface area contributed by atoms with Crippen molar-refractivity contribution >= 4 is 11.9 Å². The summed E-state index contributed by atoms with van der Waals surface area (Å²) in [4.78, 5) is 25.1. The number of piperidine rings is 1. The molecule has 1 saturated heterocycles. The summed E-state index contributed by atoms with van der Waals surface area (Å²) in [5.41, 5.74) is 0.985. The molecule has 0 bridgehead atoms. The number of nitriles is 1. The topological polar surface area (TPSA) is 81.4 Å². The standard InChI is InChI=1S/C15H16N2O3/c1-10-2-5-13(15(19)20)9-17(10)14(18)12-6-3-11(8-16)4-7-12/h3-4,6-7,10,13H,2,5,9H2,1H3,(H,19,20). The van der Waals surface area contributed by atoms with E-state index in [1.165, 1.54) is 0 Å². The number of benzene rings is 1. The number of carbonyl (C=O) groups is 2. The first kappa shape index (κ1) is 14.1. The average molecular weight is 272 g/mol. The molecular weight excluding hydrogens is 256 g/mol. The van der Waals surface area contributed by atoms with E-state index in [9.17, 15) is 9.59 Å². The molecule has 1 aliphatic rings. The molecule has 0 saturated carbocycles. The van der Waals surface area contributed by atoms with Crippen molar-refractivity contribution in [3.63, 3.8) is 0 Å². The monoisotopic (exact) mass is 272 g/mol. The lowest BCUT2D eigenvalue weighted by molar-refractivity contribution is -0.143. The van der Waals surface area contributed by atoms with Crippen molar-refractivity contribution < 1.29 is 14.7 Å². The molecular formula is C15H16N2O3. The molecule has 5 nitrogen and oxygen atoms in total. The van der Waals surface area contributed by atoms with Crippen LogP contribution in [-0.2, 0) is 4.79 Å². The summed E-state index contributed by atoms with van der Waals surface area (Å²) in [5.74, 6) is -1.52. The molecule has 20 heavy (non-hydrogen) atoms. The highest BCUT2D eigenvalue weighted by Crippen LogP contribution is 2.24. The van der Waals surface area contributed by atoms with Crippen LogP contribution in [0.25, 0.3) is 0 Å². The first-order valence-electron chi connectivity index (χ1n) is 6.57. The van der Waals surface area contributed by atoms with E-state index in [2.05, 4.69) is 0 Å². The Balaban J connectivity index is 2.17. The van der Waals surface area contributed by atoms with Gasteiger partial charge in [-0.05, 0) is 44.0 Å². The van der Waals surface area contributed by atoms with E-state index < -0.39 is 11.9 Å². The zero-order valence-electron chi connectivity index (χ0n) is 11.2. The van der Waals surface area contributed by atoms with E-state index in [0.717, 1.165) is 0 Å². The van der Waals surface area contributed by atoms with Gasteiger partial charge in [0.25, 0.3) is 5.91 Å². The van der Waals surface area contributed by atoms with E-state index in [1.807, 2.05) is 13.0 Å². The summed E-state index contributed by atoms with van der Waals surface area (Å²) >= 11 is 0. The molecule has 0 aliphatic carbocycles. The lowest BCUT2D eigenvalue weighted by atomic mass is 9.93. The Labute approximate surface area is 117 Å². The molecule has 1 aliphatic heterocycles. The SMILES string of the molecule is CC1CCC(C(=O)O)CN1C(=O)c1ccc(C#N)cc1. The molecule has 1 N–H and O–H groups in total. The van der Waals surface area contributed by atoms with Crippen LogP contribution in [0.3, 0.4) is 0 Å². The summed E-state index contributed by atoms with van der Waals surface area (Å²) in [6, 6.07) is 8.44. The van der Waals surface area contributed by atoms with Crippen LogP contribution >= 0.6 is 0 Å². The summed E-state index contributed by atoms with van der Waals surface area (Å²) < 4.78 is 0. The van der Waals surface area contributed by atoms with Crippen LogP contribution in [0.4, 0.5) is 0 Å². The number of amides is 1. The third-order valence-corrected chi connectivity index (χ3v) is 3.75. The Morgan fingerprint density at radius 1 is 1.30 bits per heavy atom. The van der Waals surface area contributed by atoms with Gasteiger partial charge in [0, 0.05) is 18.2 Å². The number of likely N-dealkylation sites (tertiary alicyclic amines) is 1. The van der Waals surface area contributed by atoms with Gasteiger partial charge in [-0.15, -0.1) is 0 Å². The van der Waals surface area contributed by atoms with E-state index in [-0.39, 0.29) is 18.5 Å². The highest BCUT2D eigenvalue weighted by Gasteiger charge is 2.32. The Morgan fingerprint density at radius 3 is 2.50 bits per heavy atom. The smallest absolute Gasteiger partial charge is 0.308 e. The molecule has 1 heterocycles. The number of hydrogen-bond acceptors (Lipinski definition) is 3. The molecule has 104 valence electrons. The van der Waals surface area contributed by atoms with Gasteiger partial charge in [-0.3, -0.25) is 9.59 Å². The molecule has 1 fully saturated rings. The van der Waals surface area contributed by atoms with Crippen LogP contribution in [0.2, 0.25) is 0 Å². The van der Waals surface area contributed by atoms with Crippen molar-refractivity contribution in [1.82, 2.24) is 4.90 Å². The highest BCUT2D eigenvalue weighted by molar-refractivity contribution is 5.94. The maximum Gasteiger partial charge on any atom is 0.308 e. The van der Waals surface area contributed by atoms with Crippen molar-refractivity contribution in [2.75, 3.05) is 6.54 Å². The maximum atomic E-state index is 12.4. The molecule has 2 atom stereocenters. The molecule has 5 heteroatoms. The normalized spacial score (nSPS) is 22.1. The highest BCUT2D eigenvalue weighted by atomic mass is 16.4. The Bertz CT molecular complexity index is 559. The number of aliphatic carboxylic acids is 1. The first-order chi connectivity index (χ1) is 9.52. The minimum absolute atomic E-state index is 0.0359. The van der Waals surface area contributed by atoms with E-state index >= 15 is 0 Å². The maximum absolute atomic E-state index is 12.4. The van der Waals surface area contributed by atoms with Crippen molar-refractivity contribution in [3.05, 3.63) is 35.4 Å². The van der Waals surface area contributed by atoms with E-state index in [4.69, 9.17) is 10.4 Å². The summed E-state index contributed by atoms with van der Waals surface area (Å²) in [6.07, 6.45) is 1.30. The first-order valence-corrected chi connectivity index (χ1v) is 6.57. The quantitative estimate of drug-likeness (QED) is 0.891. The Hall–Kier alpha value is -2.35. The minimum Gasteiger partial charge on any atom is -0.481 e. The van der Waals surface area contributed by atoms with Gasteiger partial charge < -0.3 is 10.0 Å². The summed E-state index contributed by atoms with van der Waals surface area (Å²) in [7, 11) is 0. The third kappa shape index (κ3) is 2.80. The van der Waals surface area contributed by atoms with Gasteiger partial charge in [0.05, 0.1) is 17.6 Å². The molecule has 1 amide bonds. The average Bonchev–Trinajstić information content (AvgIpc) is 2.47. The lowest BCUT2D eigenvalue weighted by Crippen LogP contribution is -2.47. The van der Waals surface area contributed by atoms with Crippen molar-refractivity contribution in [2.45, 2.75) is 25.8 Å². The van der Waals surface area contributed by atoms with Crippen LogP contribution in [0.15, 0.2) is 24.3 Å². The van der Waals surface area contributed by atoms with E-state index in [1.54, 1.807) is 29.2 Å². The second-order valence-corrected chi connectivity index (χ2v) is 5.11. The van der Waals surface area contributed by atoms with Crippen LogP contribution in [0, 0.1) is 17.2 Å². The molecule has 2 unspecified atom stereocenters. The van der Waals surface area contributed by atoms with Gasteiger partial charge in [-0.2, -0.15) is 5.26 Å². The van der Waals surface area contributed by atoms with Gasteiger partial charge in [-0.1, -0.05) is 0 Å². The van der Waals surface area contributed by atoms with Gasteiger partial charge in [0.1, 0.15) is 0 Å². The second-order valence-electron chi connectivity index (χ2n) is 5.11. The number of rotatable bonds is 2. The van der Waals surface area contributed by atoms with Gasteiger partial charge >= 0.3 is 5.97 Å².